The Labute approximate surface area is 159 Å². The largest absolute Gasteiger partial charge is 0.448 e. The highest BCUT2D eigenvalue weighted by atomic mass is 16.3. The van der Waals surface area contributed by atoms with E-state index >= 15 is 0 Å². The zero-order valence-corrected chi connectivity index (χ0v) is 15.7. The number of hydrogen-bond acceptors (Lipinski definition) is 7. The molecule has 1 saturated heterocycles. The Morgan fingerprint density at radius 3 is 2.56 bits per heavy atom. The molecular weight excluding hydrogens is 340 g/mol. The van der Waals surface area contributed by atoms with Gasteiger partial charge in [0.2, 0.25) is 5.95 Å². The maximum atomic E-state index is 5.54. The van der Waals surface area contributed by atoms with Gasteiger partial charge in [-0.2, -0.15) is 0 Å². The summed E-state index contributed by atoms with van der Waals surface area (Å²) in [5, 5.41) is 0. The van der Waals surface area contributed by atoms with Crippen molar-refractivity contribution in [2.75, 3.05) is 31.1 Å². The van der Waals surface area contributed by atoms with E-state index in [1.165, 1.54) is 0 Å². The molecule has 3 aromatic heterocycles. The average molecular weight is 364 g/mol. The molecule has 0 N–H and O–H groups in total. The third-order valence-corrected chi connectivity index (χ3v) is 4.80. The van der Waals surface area contributed by atoms with Gasteiger partial charge in [0.05, 0.1) is 17.1 Å². The Balaban J connectivity index is 1.40. The minimum absolute atomic E-state index is 0.353. The smallest absolute Gasteiger partial charge is 0.225 e. The first-order valence-electron chi connectivity index (χ1n) is 9.34. The SMILES string of the molecule is CC(C)c1ocnc1CN1CCN(c2nccc(-c3ccccn3)n2)CC1. The van der Waals surface area contributed by atoms with Crippen LogP contribution >= 0.6 is 0 Å². The topological polar surface area (TPSA) is 71.2 Å². The summed E-state index contributed by atoms with van der Waals surface area (Å²) >= 11 is 0. The van der Waals surface area contributed by atoms with Crippen LogP contribution < -0.4 is 4.90 Å². The molecule has 0 bridgehead atoms. The van der Waals surface area contributed by atoms with E-state index in [1.54, 1.807) is 12.6 Å². The summed E-state index contributed by atoms with van der Waals surface area (Å²) in [6, 6.07) is 7.75. The monoisotopic (exact) mass is 364 g/mol. The fourth-order valence-electron chi connectivity index (χ4n) is 3.34. The molecule has 0 aromatic carbocycles. The van der Waals surface area contributed by atoms with Crippen molar-refractivity contribution in [1.29, 1.82) is 0 Å². The lowest BCUT2D eigenvalue weighted by molar-refractivity contribution is 0.244. The first kappa shape index (κ1) is 17.6. The predicted octanol–water partition coefficient (Wildman–Crippen LogP) is 2.97. The fraction of sp³-hybridized carbons (Fsp3) is 0.400. The van der Waals surface area contributed by atoms with Crippen molar-refractivity contribution in [3.8, 4) is 11.4 Å². The van der Waals surface area contributed by atoms with E-state index in [0.29, 0.717) is 5.92 Å². The molecule has 1 aliphatic rings. The molecule has 27 heavy (non-hydrogen) atoms. The summed E-state index contributed by atoms with van der Waals surface area (Å²) in [7, 11) is 0. The zero-order chi connectivity index (χ0) is 18.6. The molecule has 0 unspecified atom stereocenters. The second-order valence-electron chi connectivity index (χ2n) is 7.04. The van der Waals surface area contributed by atoms with Crippen molar-refractivity contribution in [2.24, 2.45) is 0 Å². The second-order valence-corrected chi connectivity index (χ2v) is 7.04. The highest BCUT2D eigenvalue weighted by Crippen LogP contribution is 2.21. The van der Waals surface area contributed by atoms with E-state index in [0.717, 1.165) is 61.5 Å². The summed E-state index contributed by atoms with van der Waals surface area (Å²) in [6.07, 6.45) is 5.14. The number of hydrogen-bond donors (Lipinski definition) is 0. The van der Waals surface area contributed by atoms with Gasteiger partial charge >= 0.3 is 0 Å². The Bertz CT molecular complexity index is 871. The van der Waals surface area contributed by atoms with Gasteiger partial charge in [0.15, 0.2) is 6.39 Å². The first-order chi connectivity index (χ1) is 13.2. The lowest BCUT2D eigenvalue weighted by Crippen LogP contribution is -2.46. The number of nitrogens with zero attached hydrogens (tertiary/aromatic N) is 6. The lowest BCUT2D eigenvalue weighted by Gasteiger charge is -2.34. The third-order valence-electron chi connectivity index (χ3n) is 4.80. The van der Waals surface area contributed by atoms with Crippen LogP contribution in [0.5, 0.6) is 0 Å². The van der Waals surface area contributed by atoms with Crippen molar-refractivity contribution in [3.05, 3.63) is 54.5 Å². The van der Waals surface area contributed by atoms with E-state index in [2.05, 4.69) is 38.6 Å². The highest BCUT2D eigenvalue weighted by Gasteiger charge is 2.22. The van der Waals surface area contributed by atoms with Gasteiger partial charge in [0.25, 0.3) is 0 Å². The van der Waals surface area contributed by atoms with Crippen LogP contribution in [-0.4, -0.2) is 51.0 Å². The lowest BCUT2D eigenvalue weighted by atomic mass is 10.1. The molecular formula is C20H24N6O. The van der Waals surface area contributed by atoms with Gasteiger partial charge in [-0.15, -0.1) is 0 Å². The Hall–Kier alpha value is -2.80. The molecule has 1 fully saturated rings. The van der Waals surface area contributed by atoms with E-state index in [9.17, 15) is 0 Å². The highest BCUT2D eigenvalue weighted by molar-refractivity contribution is 5.55. The molecule has 140 valence electrons. The number of pyridine rings is 1. The van der Waals surface area contributed by atoms with Gasteiger partial charge in [-0.1, -0.05) is 19.9 Å². The summed E-state index contributed by atoms with van der Waals surface area (Å²) in [6.45, 7) is 8.76. The summed E-state index contributed by atoms with van der Waals surface area (Å²) in [4.78, 5) is 22.6. The molecule has 0 spiro atoms. The van der Waals surface area contributed by atoms with E-state index in [-0.39, 0.29) is 0 Å². The molecule has 7 nitrogen and oxygen atoms in total. The molecule has 3 aromatic rings. The van der Waals surface area contributed by atoms with Gasteiger partial charge in [-0.25, -0.2) is 15.0 Å². The molecule has 4 rings (SSSR count). The van der Waals surface area contributed by atoms with Crippen molar-refractivity contribution >= 4 is 5.95 Å². The van der Waals surface area contributed by atoms with Gasteiger partial charge in [0, 0.05) is 51.0 Å². The molecule has 0 amide bonds. The normalized spacial score (nSPS) is 15.4. The fourth-order valence-corrected chi connectivity index (χ4v) is 3.34. The number of rotatable bonds is 5. The molecule has 1 aliphatic heterocycles. The van der Waals surface area contributed by atoms with Gasteiger partial charge < -0.3 is 9.32 Å². The molecule has 0 atom stereocenters. The number of aromatic nitrogens is 4. The Morgan fingerprint density at radius 2 is 1.81 bits per heavy atom. The maximum Gasteiger partial charge on any atom is 0.225 e. The van der Waals surface area contributed by atoms with Gasteiger partial charge in [-0.05, 0) is 18.2 Å². The van der Waals surface area contributed by atoms with Crippen molar-refractivity contribution < 1.29 is 4.42 Å². The summed E-state index contributed by atoms with van der Waals surface area (Å²) < 4.78 is 5.54. The zero-order valence-electron chi connectivity index (χ0n) is 15.7. The second kappa shape index (κ2) is 7.84. The predicted molar refractivity (Wildman–Crippen MR) is 103 cm³/mol. The van der Waals surface area contributed by atoms with Crippen LogP contribution in [0.4, 0.5) is 5.95 Å². The quantitative estimate of drug-likeness (QED) is 0.689. The third kappa shape index (κ3) is 3.98. The van der Waals surface area contributed by atoms with Crippen LogP contribution in [0.15, 0.2) is 47.5 Å². The molecule has 0 aliphatic carbocycles. The van der Waals surface area contributed by atoms with Gasteiger partial charge in [-0.3, -0.25) is 9.88 Å². The summed E-state index contributed by atoms with van der Waals surface area (Å²) in [5.41, 5.74) is 2.77. The molecule has 0 saturated carbocycles. The van der Waals surface area contributed by atoms with Crippen LogP contribution in [0.25, 0.3) is 11.4 Å². The maximum absolute atomic E-state index is 5.54. The van der Waals surface area contributed by atoms with E-state index in [1.807, 2.05) is 30.5 Å². The van der Waals surface area contributed by atoms with Crippen LogP contribution in [0.1, 0.15) is 31.2 Å². The average Bonchev–Trinajstić information content (AvgIpc) is 3.18. The molecule has 7 heteroatoms. The van der Waals surface area contributed by atoms with Crippen molar-refractivity contribution in [2.45, 2.75) is 26.3 Å². The minimum atomic E-state index is 0.353. The molecule has 4 heterocycles. The van der Waals surface area contributed by atoms with E-state index < -0.39 is 0 Å². The van der Waals surface area contributed by atoms with Crippen LogP contribution in [-0.2, 0) is 6.54 Å². The number of anilines is 1. The van der Waals surface area contributed by atoms with Crippen molar-refractivity contribution in [3.63, 3.8) is 0 Å². The standard InChI is InChI=1S/C20H24N6O/c1-15(2)19-18(23-14-27-19)13-25-9-11-26(12-10-25)20-22-8-6-17(24-20)16-5-3-4-7-21-16/h3-8,14-15H,9-13H2,1-2H3. The van der Waals surface area contributed by atoms with Crippen LogP contribution in [0.2, 0.25) is 0 Å². The van der Waals surface area contributed by atoms with Crippen molar-refractivity contribution in [1.82, 2.24) is 24.8 Å². The molecule has 0 radical (unpaired) electrons. The van der Waals surface area contributed by atoms with Crippen LogP contribution in [0.3, 0.4) is 0 Å². The van der Waals surface area contributed by atoms with Gasteiger partial charge in [0.1, 0.15) is 5.76 Å². The number of oxazole rings is 1. The Kier molecular flexibility index (Phi) is 5.11. The summed E-state index contributed by atoms with van der Waals surface area (Å²) in [5.74, 6) is 2.11. The van der Waals surface area contributed by atoms with Crippen LogP contribution in [0, 0.1) is 0 Å². The first-order valence-corrected chi connectivity index (χ1v) is 9.34. The Morgan fingerprint density at radius 1 is 0.963 bits per heavy atom. The number of piperazine rings is 1. The van der Waals surface area contributed by atoms with E-state index in [4.69, 9.17) is 9.40 Å². The minimum Gasteiger partial charge on any atom is -0.448 e.